The minimum absolute atomic E-state index is 0.0441. The van der Waals surface area contributed by atoms with Crippen LogP contribution in [0, 0.1) is 0 Å². The number of rotatable bonds is 14. The van der Waals surface area contributed by atoms with E-state index in [4.69, 9.17) is 28.4 Å². The second-order valence-corrected chi connectivity index (χ2v) is 6.89. The van der Waals surface area contributed by atoms with E-state index in [1.54, 1.807) is 0 Å². The zero-order valence-electron chi connectivity index (χ0n) is 15.9. The summed E-state index contributed by atoms with van der Waals surface area (Å²) in [6, 6.07) is 0. The average Bonchev–Trinajstić information content (AvgIpc) is 2.69. The molecule has 2 aliphatic heterocycles. The van der Waals surface area contributed by atoms with Gasteiger partial charge in [-0.2, -0.15) is 0 Å². The molecule has 26 heavy (non-hydrogen) atoms. The molecule has 0 amide bonds. The highest BCUT2D eigenvalue weighted by Gasteiger charge is 2.14. The Kier molecular flexibility index (Phi) is 12.5. The largest absolute Gasteiger partial charge is 0.388 e. The monoisotopic (exact) mass is 376 g/mol. The number of aliphatic hydroxyl groups is 1. The van der Waals surface area contributed by atoms with Crippen molar-refractivity contribution < 1.29 is 33.5 Å². The summed E-state index contributed by atoms with van der Waals surface area (Å²) in [6.45, 7) is 5.39. The highest BCUT2D eigenvalue weighted by Crippen LogP contribution is 2.13. The molecule has 7 nitrogen and oxygen atoms in total. The maximum absolute atomic E-state index is 9.82. The van der Waals surface area contributed by atoms with Gasteiger partial charge in [0.25, 0.3) is 0 Å². The van der Waals surface area contributed by atoms with Crippen molar-refractivity contribution in [3.63, 3.8) is 0 Å². The molecule has 154 valence electrons. The summed E-state index contributed by atoms with van der Waals surface area (Å²) in [4.78, 5) is 0. The third kappa shape index (κ3) is 10.8. The Balaban J connectivity index is 1.30. The van der Waals surface area contributed by atoms with Gasteiger partial charge in [-0.25, -0.2) is 0 Å². The Labute approximate surface area is 157 Å². The standard InChI is InChI=1S/C19H36O7/c20-17(14-21-9-4-12-24-18-6-3-8-23-16-18)15-22-10-5-13-26-19-7-1-2-11-25-19/h17-20H,1-16H2. The van der Waals surface area contributed by atoms with Crippen molar-refractivity contribution in [1.82, 2.24) is 0 Å². The van der Waals surface area contributed by atoms with Crippen LogP contribution in [0.25, 0.3) is 0 Å². The summed E-state index contributed by atoms with van der Waals surface area (Å²) in [6.07, 6.45) is 6.67. The molecule has 1 N–H and O–H groups in total. The Hall–Kier alpha value is -0.280. The maximum atomic E-state index is 9.82. The average molecular weight is 376 g/mol. The first-order chi connectivity index (χ1) is 12.8. The van der Waals surface area contributed by atoms with Crippen LogP contribution in [-0.4, -0.2) is 83.1 Å². The SMILES string of the molecule is OC(COCCCOC1CCCOC1)COCCCOC1CCCCO1. The molecule has 0 aromatic rings. The molecular weight excluding hydrogens is 340 g/mol. The summed E-state index contributed by atoms with van der Waals surface area (Å²) in [5.74, 6) is 0. The molecule has 2 aliphatic rings. The van der Waals surface area contributed by atoms with Gasteiger partial charge in [0.05, 0.1) is 32.5 Å². The van der Waals surface area contributed by atoms with Crippen molar-refractivity contribution >= 4 is 0 Å². The van der Waals surface area contributed by atoms with Crippen LogP contribution in [0.4, 0.5) is 0 Å². The molecular formula is C19H36O7. The molecule has 0 aliphatic carbocycles. The molecule has 3 unspecified atom stereocenters. The molecule has 0 aromatic carbocycles. The lowest BCUT2D eigenvalue weighted by Gasteiger charge is -2.22. The smallest absolute Gasteiger partial charge is 0.157 e. The van der Waals surface area contributed by atoms with E-state index in [2.05, 4.69) is 0 Å². The minimum atomic E-state index is -0.592. The van der Waals surface area contributed by atoms with Crippen molar-refractivity contribution in [3.8, 4) is 0 Å². The van der Waals surface area contributed by atoms with E-state index in [1.165, 1.54) is 6.42 Å². The zero-order chi connectivity index (χ0) is 18.3. The maximum Gasteiger partial charge on any atom is 0.157 e. The molecule has 0 aromatic heterocycles. The van der Waals surface area contributed by atoms with Crippen LogP contribution in [0.15, 0.2) is 0 Å². The summed E-state index contributed by atoms with van der Waals surface area (Å²) >= 11 is 0. The summed E-state index contributed by atoms with van der Waals surface area (Å²) in [5.41, 5.74) is 0. The van der Waals surface area contributed by atoms with Gasteiger partial charge in [-0.15, -0.1) is 0 Å². The minimum Gasteiger partial charge on any atom is -0.388 e. The molecule has 2 saturated heterocycles. The van der Waals surface area contributed by atoms with Gasteiger partial charge in [0.2, 0.25) is 0 Å². The normalized spacial score (nSPS) is 25.3. The fourth-order valence-corrected chi connectivity index (χ4v) is 2.96. The van der Waals surface area contributed by atoms with Crippen molar-refractivity contribution in [2.75, 3.05) is 59.5 Å². The van der Waals surface area contributed by atoms with Crippen molar-refractivity contribution in [1.29, 1.82) is 0 Å². The lowest BCUT2D eigenvalue weighted by molar-refractivity contribution is -0.164. The highest BCUT2D eigenvalue weighted by molar-refractivity contribution is 4.62. The molecule has 7 heteroatoms. The summed E-state index contributed by atoms with van der Waals surface area (Å²) in [5, 5.41) is 9.82. The van der Waals surface area contributed by atoms with E-state index in [0.717, 1.165) is 51.7 Å². The van der Waals surface area contributed by atoms with E-state index in [9.17, 15) is 5.11 Å². The first-order valence-electron chi connectivity index (χ1n) is 10.1. The van der Waals surface area contributed by atoms with Gasteiger partial charge in [0.1, 0.15) is 6.10 Å². The van der Waals surface area contributed by atoms with E-state index >= 15 is 0 Å². The molecule has 0 spiro atoms. The third-order valence-electron chi connectivity index (χ3n) is 4.40. The number of hydrogen-bond donors (Lipinski definition) is 1. The molecule has 2 rings (SSSR count). The molecule has 0 bridgehead atoms. The molecule has 0 radical (unpaired) electrons. The summed E-state index contributed by atoms with van der Waals surface area (Å²) in [7, 11) is 0. The second kappa shape index (κ2) is 14.7. The van der Waals surface area contributed by atoms with Gasteiger partial charge in [0.15, 0.2) is 6.29 Å². The number of ether oxygens (including phenoxy) is 6. The van der Waals surface area contributed by atoms with Crippen molar-refractivity contribution in [2.24, 2.45) is 0 Å². The lowest BCUT2D eigenvalue weighted by atomic mass is 10.2. The fourth-order valence-electron chi connectivity index (χ4n) is 2.96. The molecule has 3 atom stereocenters. The van der Waals surface area contributed by atoms with Gasteiger partial charge in [-0.05, 0) is 44.9 Å². The van der Waals surface area contributed by atoms with Crippen LogP contribution in [-0.2, 0) is 28.4 Å². The van der Waals surface area contributed by atoms with Crippen LogP contribution < -0.4 is 0 Å². The Morgan fingerprint density at radius 3 is 2.27 bits per heavy atom. The van der Waals surface area contributed by atoms with Crippen LogP contribution in [0.3, 0.4) is 0 Å². The van der Waals surface area contributed by atoms with Crippen molar-refractivity contribution in [3.05, 3.63) is 0 Å². The van der Waals surface area contributed by atoms with E-state index in [1.807, 2.05) is 0 Å². The van der Waals surface area contributed by atoms with E-state index in [-0.39, 0.29) is 19.0 Å². The Bertz CT molecular complexity index is 287. The van der Waals surface area contributed by atoms with E-state index in [0.29, 0.717) is 39.6 Å². The number of hydrogen-bond acceptors (Lipinski definition) is 7. The number of aliphatic hydroxyl groups excluding tert-OH is 1. The van der Waals surface area contributed by atoms with Crippen LogP contribution in [0.1, 0.15) is 44.9 Å². The van der Waals surface area contributed by atoms with Gasteiger partial charge >= 0.3 is 0 Å². The van der Waals surface area contributed by atoms with Gasteiger partial charge < -0.3 is 33.5 Å². The molecule has 2 heterocycles. The molecule has 0 saturated carbocycles. The van der Waals surface area contributed by atoms with Gasteiger partial charge in [-0.1, -0.05) is 0 Å². The first-order valence-corrected chi connectivity index (χ1v) is 10.1. The van der Waals surface area contributed by atoms with Crippen molar-refractivity contribution in [2.45, 2.75) is 63.4 Å². The van der Waals surface area contributed by atoms with Gasteiger partial charge in [-0.3, -0.25) is 0 Å². The van der Waals surface area contributed by atoms with Crippen LogP contribution in [0.5, 0.6) is 0 Å². The second-order valence-electron chi connectivity index (χ2n) is 6.89. The fraction of sp³-hybridized carbons (Fsp3) is 1.00. The quantitative estimate of drug-likeness (QED) is 0.464. The Morgan fingerprint density at radius 2 is 1.62 bits per heavy atom. The van der Waals surface area contributed by atoms with Gasteiger partial charge in [0, 0.05) is 33.0 Å². The predicted octanol–water partition coefficient (Wildman–Crippen LogP) is 1.90. The predicted molar refractivity (Wildman–Crippen MR) is 96.2 cm³/mol. The van der Waals surface area contributed by atoms with Crippen LogP contribution in [0.2, 0.25) is 0 Å². The lowest BCUT2D eigenvalue weighted by Crippen LogP contribution is -2.26. The topological polar surface area (TPSA) is 75.6 Å². The Morgan fingerprint density at radius 1 is 0.846 bits per heavy atom. The third-order valence-corrected chi connectivity index (χ3v) is 4.40. The zero-order valence-corrected chi connectivity index (χ0v) is 15.9. The first kappa shape index (κ1) is 22.0. The van der Waals surface area contributed by atoms with E-state index < -0.39 is 6.10 Å². The molecule has 2 fully saturated rings. The summed E-state index contributed by atoms with van der Waals surface area (Å²) < 4.78 is 33.1. The van der Waals surface area contributed by atoms with Crippen LogP contribution >= 0.6 is 0 Å². The highest BCUT2D eigenvalue weighted by atomic mass is 16.7.